The van der Waals surface area contributed by atoms with E-state index in [0.29, 0.717) is 5.56 Å². The van der Waals surface area contributed by atoms with Gasteiger partial charge < -0.3 is 5.32 Å². The van der Waals surface area contributed by atoms with E-state index in [9.17, 15) is 22.8 Å². The fourth-order valence-electron chi connectivity index (χ4n) is 3.03. The Morgan fingerprint density at radius 3 is 2.42 bits per heavy atom. The maximum atomic E-state index is 12.6. The van der Waals surface area contributed by atoms with E-state index in [1.807, 2.05) is 0 Å². The van der Waals surface area contributed by atoms with Crippen molar-refractivity contribution < 1.29 is 18.0 Å². The van der Waals surface area contributed by atoms with Crippen molar-refractivity contribution in [3.63, 3.8) is 0 Å². The van der Waals surface area contributed by atoms with Crippen molar-refractivity contribution in [1.82, 2.24) is 14.9 Å². The highest BCUT2D eigenvalue weighted by atomic mass is 19.4. The number of rotatable bonds is 4. The van der Waals surface area contributed by atoms with Gasteiger partial charge >= 0.3 is 6.18 Å². The smallest absolute Gasteiger partial charge is 0.352 e. The second-order valence-electron chi connectivity index (χ2n) is 6.36. The molecule has 2 aromatic rings. The highest BCUT2D eigenvalue weighted by Crippen LogP contribution is 2.30. The normalized spacial score (nSPS) is 15.2. The molecule has 26 heavy (non-hydrogen) atoms. The molecule has 1 aliphatic rings. The molecule has 1 heterocycles. The molecule has 0 saturated heterocycles. The predicted octanol–water partition coefficient (Wildman–Crippen LogP) is 2.99. The second kappa shape index (κ2) is 7.31. The molecule has 1 aliphatic carbocycles. The van der Waals surface area contributed by atoms with Gasteiger partial charge in [-0.1, -0.05) is 25.0 Å². The summed E-state index contributed by atoms with van der Waals surface area (Å²) in [5.74, 6) is -0.247. The fourth-order valence-corrected chi connectivity index (χ4v) is 3.03. The second-order valence-corrected chi connectivity index (χ2v) is 6.36. The van der Waals surface area contributed by atoms with Gasteiger partial charge in [-0.2, -0.15) is 13.2 Å². The largest absolute Gasteiger partial charge is 0.416 e. The number of carbonyl (C=O) groups is 1. The number of hydrogen-bond donors (Lipinski definition) is 1. The van der Waals surface area contributed by atoms with E-state index >= 15 is 0 Å². The highest BCUT2D eigenvalue weighted by Gasteiger charge is 2.30. The molecule has 0 aliphatic heterocycles. The number of aromatic nitrogens is 2. The van der Waals surface area contributed by atoms with Crippen LogP contribution in [0.15, 0.2) is 41.5 Å². The zero-order valence-electron chi connectivity index (χ0n) is 13.9. The van der Waals surface area contributed by atoms with Gasteiger partial charge in [0.05, 0.1) is 17.6 Å². The van der Waals surface area contributed by atoms with Crippen LogP contribution in [-0.2, 0) is 17.5 Å². The van der Waals surface area contributed by atoms with Crippen LogP contribution in [0.25, 0.3) is 11.3 Å². The number of hydrogen-bond acceptors (Lipinski definition) is 3. The topological polar surface area (TPSA) is 64.0 Å². The lowest BCUT2D eigenvalue weighted by Gasteiger charge is -2.12. The van der Waals surface area contributed by atoms with Crippen molar-refractivity contribution in [2.24, 2.45) is 0 Å². The molecule has 1 aromatic heterocycles. The minimum absolute atomic E-state index is 0.129. The average molecular weight is 365 g/mol. The first-order valence-corrected chi connectivity index (χ1v) is 8.36. The number of benzene rings is 1. The van der Waals surface area contributed by atoms with Gasteiger partial charge in [0.15, 0.2) is 0 Å². The predicted molar refractivity (Wildman–Crippen MR) is 89.3 cm³/mol. The van der Waals surface area contributed by atoms with Crippen LogP contribution in [-0.4, -0.2) is 21.5 Å². The molecule has 0 radical (unpaired) electrons. The molecule has 1 saturated carbocycles. The number of amides is 1. The average Bonchev–Trinajstić information content (AvgIpc) is 3.09. The molecule has 5 nitrogen and oxygen atoms in total. The Labute approximate surface area is 147 Å². The van der Waals surface area contributed by atoms with Crippen LogP contribution in [0.4, 0.5) is 13.2 Å². The van der Waals surface area contributed by atoms with Gasteiger partial charge in [-0.05, 0) is 25.0 Å². The zero-order chi connectivity index (χ0) is 18.7. The first-order valence-electron chi connectivity index (χ1n) is 8.36. The maximum absolute atomic E-state index is 12.6. The minimum atomic E-state index is -4.41. The maximum Gasteiger partial charge on any atom is 0.416 e. The first kappa shape index (κ1) is 18.2. The van der Waals surface area contributed by atoms with E-state index < -0.39 is 17.3 Å². The summed E-state index contributed by atoms with van der Waals surface area (Å²) in [7, 11) is 0. The molecule has 0 spiro atoms. The number of alkyl halides is 3. The van der Waals surface area contributed by atoms with Gasteiger partial charge in [-0.25, -0.2) is 4.98 Å². The van der Waals surface area contributed by atoms with E-state index in [4.69, 9.17) is 0 Å². The number of nitrogens with one attached hydrogen (secondary N) is 1. The summed E-state index contributed by atoms with van der Waals surface area (Å²) in [6, 6.07) is 5.79. The quantitative estimate of drug-likeness (QED) is 0.906. The van der Waals surface area contributed by atoms with Crippen molar-refractivity contribution in [2.75, 3.05) is 0 Å². The number of carbonyl (C=O) groups excluding carboxylic acids is 1. The van der Waals surface area contributed by atoms with Gasteiger partial charge in [-0.15, -0.1) is 0 Å². The van der Waals surface area contributed by atoms with Crippen molar-refractivity contribution in [3.8, 4) is 11.3 Å². The SMILES string of the molecule is O=C(Cn1cnc(-c2ccc(C(F)(F)F)cc2)cc1=O)NC1CCCC1. The zero-order valence-corrected chi connectivity index (χ0v) is 13.9. The lowest BCUT2D eigenvalue weighted by atomic mass is 10.1. The lowest BCUT2D eigenvalue weighted by Crippen LogP contribution is -2.37. The van der Waals surface area contributed by atoms with Gasteiger partial charge in [0.2, 0.25) is 5.91 Å². The molecular formula is C18H18F3N3O2. The fraction of sp³-hybridized carbons (Fsp3) is 0.389. The van der Waals surface area contributed by atoms with Crippen LogP contribution in [0.3, 0.4) is 0 Å². The van der Waals surface area contributed by atoms with E-state index in [-0.39, 0.29) is 24.2 Å². The molecule has 1 fully saturated rings. The Morgan fingerprint density at radius 1 is 1.19 bits per heavy atom. The van der Waals surface area contributed by atoms with E-state index in [1.54, 1.807) is 0 Å². The lowest BCUT2D eigenvalue weighted by molar-refractivity contribution is -0.137. The van der Waals surface area contributed by atoms with Crippen LogP contribution in [0.5, 0.6) is 0 Å². The molecular weight excluding hydrogens is 347 g/mol. The highest BCUT2D eigenvalue weighted by molar-refractivity contribution is 5.76. The summed E-state index contributed by atoms with van der Waals surface area (Å²) in [4.78, 5) is 28.3. The molecule has 0 bridgehead atoms. The Bertz CT molecular complexity index is 838. The summed E-state index contributed by atoms with van der Waals surface area (Å²) >= 11 is 0. The number of nitrogens with zero attached hydrogens (tertiary/aromatic N) is 2. The summed E-state index contributed by atoms with van der Waals surface area (Å²) in [6.07, 6.45) is 0.908. The monoisotopic (exact) mass is 365 g/mol. The third-order valence-electron chi connectivity index (χ3n) is 4.42. The molecule has 3 rings (SSSR count). The molecule has 1 amide bonds. The Morgan fingerprint density at radius 2 is 1.85 bits per heavy atom. The number of halogens is 3. The van der Waals surface area contributed by atoms with E-state index in [2.05, 4.69) is 10.3 Å². The summed E-state index contributed by atoms with van der Waals surface area (Å²) in [5, 5.41) is 2.89. The van der Waals surface area contributed by atoms with Crippen LogP contribution in [0, 0.1) is 0 Å². The van der Waals surface area contributed by atoms with Gasteiger partial charge in [-0.3, -0.25) is 14.2 Å². The molecule has 1 aromatic carbocycles. The van der Waals surface area contributed by atoms with E-state index in [0.717, 1.165) is 37.8 Å². The summed E-state index contributed by atoms with van der Waals surface area (Å²) in [5.41, 5.74) is -0.538. The van der Waals surface area contributed by atoms with Gasteiger partial charge in [0.25, 0.3) is 5.56 Å². The van der Waals surface area contributed by atoms with Gasteiger partial charge in [0.1, 0.15) is 6.54 Å². The van der Waals surface area contributed by atoms with E-state index in [1.165, 1.54) is 29.1 Å². The van der Waals surface area contributed by atoms with Crippen molar-refractivity contribution in [1.29, 1.82) is 0 Å². The summed E-state index contributed by atoms with van der Waals surface area (Å²) < 4.78 is 39.0. The van der Waals surface area contributed by atoms with Crippen LogP contribution in [0.2, 0.25) is 0 Å². The Balaban J connectivity index is 1.71. The molecule has 0 atom stereocenters. The van der Waals surface area contributed by atoms with Crippen molar-refractivity contribution in [2.45, 2.75) is 44.4 Å². The Kier molecular flexibility index (Phi) is 5.11. The Hall–Kier alpha value is -2.64. The molecule has 138 valence electrons. The van der Waals surface area contributed by atoms with Crippen molar-refractivity contribution >= 4 is 5.91 Å². The van der Waals surface area contributed by atoms with Crippen LogP contribution in [0.1, 0.15) is 31.2 Å². The van der Waals surface area contributed by atoms with Crippen molar-refractivity contribution in [3.05, 3.63) is 52.6 Å². The third kappa shape index (κ3) is 4.30. The third-order valence-corrected chi connectivity index (χ3v) is 4.42. The molecule has 1 N–H and O–H groups in total. The van der Waals surface area contributed by atoms with Crippen LogP contribution < -0.4 is 10.9 Å². The summed E-state index contributed by atoms with van der Waals surface area (Å²) in [6.45, 7) is -0.129. The van der Waals surface area contributed by atoms with Gasteiger partial charge in [0, 0.05) is 17.7 Å². The van der Waals surface area contributed by atoms with Crippen LogP contribution >= 0.6 is 0 Å². The molecule has 0 unspecified atom stereocenters. The first-order chi connectivity index (χ1) is 12.3. The minimum Gasteiger partial charge on any atom is -0.352 e. The molecule has 8 heteroatoms. The standard InChI is InChI=1S/C18H18F3N3O2/c19-18(20,21)13-7-5-12(6-8-13)15-9-17(26)24(11-22-15)10-16(25)23-14-3-1-2-4-14/h5-9,11,14H,1-4,10H2,(H,23,25).